The van der Waals surface area contributed by atoms with Gasteiger partial charge in [0.2, 0.25) is 0 Å². The lowest BCUT2D eigenvalue weighted by Crippen LogP contribution is -2.17. The van der Waals surface area contributed by atoms with Crippen molar-refractivity contribution in [1.29, 1.82) is 0 Å². The number of anilines is 2. The molecule has 0 amide bonds. The Labute approximate surface area is 67.6 Å². The third-order valence-corrected chi connectivity index (χ3v) is 1.78. The quantitative estimate of drug-likeness (QED) is 0.590. The van der Waals surface area contributed by atoms with Crippen molar-refractivity contribution in [2.45, 2.75) is 0 Å². The van der Waals surface area contributed by atoms with Crippen molar-refractivity contribution in [2.75, 3.05) is 45.5 Å². The first-order chi connectivity index (χ1) is 5.09. The van der Waals surface area contributed by atoms with Gasteiger partial charge in [0, 0.05) is 21.1 Å². The van der Waals surface area contributed by atoms with E-state index in [9.17, 15) is 0 Å². The molecule has 3 nitrogen and oxygen atoms in total. The molecule has 1 N–H and O–H groups in total. The molecule has 3 heteroatoms. The zero-order valence-corrected chi connectivity index (χ0v) is 7.89. The van der Waals surface area contributed by atoms with Crippen LogP contribution < -0.4 is 20.1 Å². The largest absolute Gasteiger partial charge is 0.381 e. The monoisotopic (exact) mass is 154 g/mol. The average Bonchev–Trinajstić information content (AvgIpc) is 2.59. The fraction of sp³-hybridized carbons (Fsp3) is 0.625. The van der Waals surface area contributed by atoms with E-state index in [0.29, 0.717) is 0 Å². The van der Waals surface area contributed by atoms with Gasteiger partial charge >= 0.3 is 0 Å². The Morgan fingerprint density at radius 1 is 1.27 bits per heavy atom. The van der Waals surface area contributed by atoms with E-state index in [4.69, 9.17) is 0 Å². The number of rotatable bonds is 2. The van der Waals surface area contributed by atoms with Crippen molar-refractivity contribution in [2.24, 2.45) is 0 Å². The predicted octanol–water partition coefficient (Wildman–Crippen LogP) is -0.298. The van der Waals surface area contributed by atoms with Crippen LogP contribution in [-0.4, -0.2) is 35.2 Å². The summed E-state index contributed by atoms with van der Waals surface area (Å²) in [5.41, 5.74) is 2.58. The molecule has 11 heavy (non-hydrogen) atoms. The minimum atomic E-state index is 1.26. The smallest absolute Gasteiger partial charge is 0.251 e. The van der Waals surface area contributed by atoms with Crippen LogP contribution in [0.2, 0.25) is 0 Å². The molecular formula is C8H16N3+. The van der Waals surface area contributed by atoms with E-state index in [1.807, 2.05) is 7.05 Å². The topological polar surface area (TPSA) is 18.3 Å². The molecule has 0 unspecified atom stereocenters. The molecule has 1 aromatic carbocycles. The van der Waals surface area contributed by atoms with E-state index in [1.165, 1.54) is 16.7 Å². The molecule has 0 heterocycles. The maximum absolute atomic E-state index is 3.16. The summed E-state index contributed by atoms with van der Waals surface area (Å²) in [6.45, 7) is 0. The standard InChI is InChI=1S/C8H15N3/c1-9-6-7(10(2)3)8(6)11(4)5/h1-5H3/p+1. The SMILES string of the molecule is CNc1c(N(C)C)c1=[N+](C)C. The second kappa shape index (κ2) is 2.57. The Bertz CT molecular complexity index is 273. The highest BCUT2D eigenvalue weighted by atomic mass is 15.1. The molecule has 0 saturated carbocycles. The highest BCUT2D eigenvalue weighted by molar-refractivity contribution is 5.83. The lowest BCUT2D eigenvalue weighted by atomic mass is 10.7. The molecule has 0 aromatic heterocycles. The van der Waals surface area contributed by atoms with E-state index < -0.39 is 0 Å². The van der Waals surface area contributed by atoms with Crippen LogP contribution in [0.25, 0.3) is 0 Å². The molecule has 0 bridgehead atoms. The number of nitrogens with one attached hydrogen (secondary N) is 1. The van der Waals surface area contributed by atoms with Gasteiger partial charge in [-0.25, -0.2) is 4.58 Å². The zero-order valence-electron chi connectivity index (χ0n) is 7.89. The molecule has 0 radical (unpaired) electrons. The highest BCUT2D eigenvalue weighted by Crippen LogP contribution is 2.24. The summed E-state index contributed by atoms with van der Waals surface area (Å²) < 4.78 is 2.13. The second-order valence-corrected chi connectivity index (χ2v) is 3.11. The van der Waals surface area contributed by atoms with Gasteiger partial charge in [-0.1, -0.05) is 0 Å². The molecule has 0 fully saturated rings. The minimum Gasteiger partial charge on any atom is -0.381 e. The van der Waals surface area contributed by atoms with Gasteiger partial charge in [0.1, 0.15) is 25.5 Å². The minimum absolute atomic E-state index is 1.26. The van der Waals surface area contributed by atoms with E-state index in [1.54, 1.807) is 0 Å². The van der Waals surface area contributed by atoms with Crippen LogP contribution in [0.3, 0.4) is 0 Å². The fourth-order valence-electron chi connectivity index (χ4n) is 1.28. The predicted molar refractivity (Wildman–Crippen MR) is 49.8 cm³/mol. The van der Waals surface area contributed by atoms with Crippen LogP contribution in [0, 0.1) is 0 Å². The Balaban J connectivity index is 3.01. The third kappa shape index (κ3) is 1.23. The summed E-state index contributed by atoms with van der Waals surface area (Å²) in [5.74, 6) is 0. The van der Waals surface area contributed by atoms with Gasteiger partial charge in [-0.15, -0.1) is 0 Å². The van der Waals surface area contributed by atoms with Crippen molar-refractivity contribution >= 4 is 11.4 Å². The van der Waals surface area contributed by atoms with Crippen LogP contribution in [0.4, 0.5) is 11.4 Å². The van der Waals surface area contributed by atoms with Crippen LogP contribution >= 0.6 is 0 Å². The van der Waals surface area contributed by atoms with Crippen molar-refractivity contribution in [3.63, 3.8) is 0 Å². The maximum atomic E-state index is 3.16. The van der Waals surface area contributed by atoms with Crippen LogP contribution in [0.1, 0.15) is 0 Å². The summed E-state index contributed by atoms with van der Waals surface area (Å²) >= 11 is 0. The zero-order chi connectivity index (χ0) is 8.59. The maximum Gasteiger partial charge on any atom is 0.251 e. The Kier molecular flexibility index (Phi) is 1.89. The summed E-state index contributed by atoms with van der Waals surface area (Å²) in [6, 6.07) is 0. The lowest BCUT2D eigenvalue weighted by molar-refractivity contribution is 0.830. The number of nitrogens with zero attached hydrogens (tertiary/aromatic N) is 2. The molecule has 0 saturated heterocycles. The molecule has 0 aliphatic heterocycles. The van der Waals surface area contributed by atoms with Gasteiger partial charge in [-0.05, 0) is 0 Å². The fourth-order valence-corrected chi connectivity index (χ4v) is 1.28. The molecule has 1 aromatic rings. The van der Waals surface area contributed by atoms with E-state index in [2.05, 4.69) is 43.0 Å². The van der Waals surface area contributed by atoms with Gasteiger partial charge < -0.3 is 10.2 Å². The van der Waals surface area contributed by atoms with Gasteiger partial charge in [0.15, 0.2) is 0 Å². The van der Waals surface area contributed by atoms with E-state index in [-0.39, 0.29) is 0 Å². The number of hydrogen-bond donors (Lipinski definition) is 1. The molecule has 0 aliphatic rings. The Morgan fingerprint density at radius 2 is 1.82 bits per heavy atom. The van der Waals surface area contributed by atoms with E-state index in [0.717, 1.165) is 0 Å². The Hall–Kier alpha value is -0.990. The molecule has 0 aliphatic carbocycles. The third-order valence-electron chi connectivity index (χ3n) is 1.78. The average molecular weight is 154 g/mol. The summed E-state index contributed by atoms with van der Waals surface area (Å²) in [4.78, 5) is 2.13. The molecule has 62 valence electrons. The van der Waals surface area contributed by atoms with Gasteiger partial charge in [0.25, 0.3) is 5.36 Å². The summed E-state index contributed by atoms with van der Waals surface area (Å²) in [6.07, 6.45) is 0. The second-order valence-electron chi connectivity index (χ2n) is 3.11. The van der Waals surface area contributed by atoms with Crippen LogP contribution in [-0.2, 0) is 0 Å². The van der Waals surface area contributed by atoms with Gasteiger partial charge in [-0.3, -0.25) is 0 Å². The Morgan fingerprint density at radius 3 is 1.91 bits per heavy atom. The number of hydrogen-bond acceptors (Lipinski definition) is 2. The molecule has 0 atom stereocenters. The van der Waals surface area contributed by atoms with Crippen molar-refractivity contribution in [3.8, 4) is 0 Å². The van der Waals surface area contributed by atoms with Crippen molar-refractivity contribution < 1.29 is 0 Å². The summed E-state index contributed by atoms with van der Waals surface area (Å²) in [7, 11) is 10.2. The first-order valence-electron chi connectivity index (χ1n) is 3.74. The molecular weight excluding hydrogens is 138 g/mol. The lowest BCUT2D eigenvalue weighted by Gasteiger charge is -2.01. The van der Waals surface area contributed by atoms with Crippen LogP contribution in [0.15, 0.2) is 0 Å². The van der Waals surface area contributed by atoms with Crippen LogP contribution in [0.5, 0.6) is 0 Å². The van der Waals surface area contributed by atoms with E-state index >= 15 is 0 Å². The normalized spacial score (nSPS) is 10.3. The molecule has 0 spiro atoms. The van der Waals surface area contributed by atoms with Gasteiger partial charge in [0.05, 0.1) is 0 Å². The first-order valence-corrected chi connectivity index (χ1v) is 3.74. The van der Waals surface area contributed by atoms with Gasteiger partial charge in [-0.2, -0.15) is 0 Å². The van der Waals surface area contributed by atoms with Crippen molar-refractivity contribution in [1.82, 2.24) is 4.58 Å². The molecule has 1 rings (SSSR count). The summed E-state index contributed by atoms with van der Waals surface area (Å²) in [5, 5.41) is 4.48. The van der Waals surface area contributed by atoms with Crippen molar-refractivity contribution in [3.05, 3.63) is 5.36 Å². The highest BCUT2D eigenvalue weighted by Gasteiger charge is 2.27. The first kappa shape index (κ1) is 8.11.